The predicted octanol–water partition coefficient (Wildman–Crippen LogP) is 9.39. The molecule has 0 atom stereocenters. The van der Waals surface area contributed by atoms with Crippen molar-refractivity contribution in [3.8, 4) is 5.75 Å². The molecule has 1 aliphatic heterocycles. The summed E-state index contributed by atoms with van der Waals surface area (Å²) in [4.78, 5) is 15.2. The van der Waals surface area contributed by atoms with Gasteiger partial charge in [0.1, 0.15) is 5.75 Å². The van der Waals surface area contributed by atoms with E-state index in [0.29, 0.717) is 12.2 Å². The van der Waals surface area contributed by atoms with E-state index in [1.807, 2.05) is 60.3 Å². The van der Waals surface area contributed by atoms with E-state index in [-0.39, 0.29) is 5.91 Å². The van der Waals surface area contributed by atoms with Gasteiger partial charge in [0.15, 0.2) is 0 Å². The van der Waals surface area contributed by atoms with Crippen LogP contribution in [-0.4, -0.2) is 23.3 Å². The summed E-state index contributed by atoms with van der Waals surface area (Å²) < 4.78 is 6.04. The molecule has 4 nitrogen and oxygen atoms in total. The zero-order valence-electron chi connectivity index (χ0n) is 23.0. The lowest BCUT2D eigenvalue weighted by molar-refractivity contribution is 0.102. The number of hydrogen-bond donors (Lipinski definition) is 1. The molecule has 1 aliphatic rings. The fourth-order valence-corrected chi connectivity index (χ4v) is 5.53. The zero-order chi connectivity index (χ0) is 26.1. The number of benzene rings is 2. The van der Waals surface area contributed by atoms with Crippen LogP contribution in [-0.2, 0) is 6.54 Å². The Morgan fingerprint density at radius 1 is 0.865 bits per heavy atom. The van der Waals surface area contributed by atoms with Gasteiger partial charge in [-0.1, -0.05) is 102 Å². The number of hydrogen-bond acceptors (Lipinski definition) is 4. The van der Waals surface area contributed by atoms with Crippen LogP contribution >= 0.6 is 11.8 Å². The molecule has 0 saturated heterocycles. The van der Waals surface area contributed by atoms with Crippen molar-refractivity contribution < 1.29 is 9.53 Å². The van der Waals surface area contributed by atoms with Crippen LogP contribution in [0, 0.1) is 0 Å². The quantitative estimate of drug-likeness (QED) is 0.198. The first-order valence-electron chi connectivity index (χ1n) is 14.3. The van der Waals surface area contributed by atoms with Gasteiger partial charge in [0.2, 0.25) is 0 Å². The highest BCUT2D eigenvalue weighted by Crippen LogP contribution is 2.26. The Morgan fingerprint density at radius 2 is 1.49 bits per heavy atom. The molecule has 0 spiro atoms. The zero-order valence-corrected chi connectivity index (χ0v) is 23.8. The van der Waals surface area contributed by atoms with E-state index >= 15 is 0 Å². The third kappa shape index (κ3) is 10.9. The third-order valence-electron chi connectivity index (χ3n) is 6.96. The van der Waals surface area contributed by atoms with Crippen LogP contribution < -0.4 is 10.1 Å². The number of nitrogens with one attached hydrogen (secondary N) is 1. The first-order valence-corrected chi connectivity index (χ1v) is 15.4. The number of carbonyl (C=O) groups is 1. The maximum Gasteiger partial charge on any atom is 0.255 e. The van der Waals surface area contributed by atoms with Gasteiger partial charge >= 0.3 is 0 Å². The van der Waals surface area contributed by atoms with Crippen molar-refractivity contribution >= 4 is 23.4 Å². The van der Waals surface area contributed by atoms with E-state index in [4.69, 9.17) is 4.74 Å². The number of allylic oxidation sites excluding steroid dienone is 1. The fourth-order valence-electron chi connectivity index (χ4n) is 4.59. The summed E-state index contributed by atoms with van der Waals surface area (Å²) in [6.45, 7) is 5.96. The lowest BCUT2D eigenvalue weighted by Gasteiger charge is -2.19. The van der Waals surface area contributed by atoms with Crippen molar-refractivity contribution in [2.24, 2.45) is 0 Å². The summed E-state index contributed by atoms with van der Waals surface area (Å²) in [5, 5.41) is 5.23. The topological polar surface area (TPSA) is 41.6 Å². The molecule has 0 bridgehead atoms. The molecule has 0 fully saturated rings. The van der Waals surface area contributed by atoms with Gasteiger partial charge in [-0.15, -0.1) is 11.8 Å². The van der Waals surface area contributed by atoms with Crippen molar-refractivity contribution in [3.63, 3.8) is 0 Å². The van der Waals surface area contributed by atoms with Gasteiger partial charge in [-0.3, -0.25) is 4.79 Å². The first-order chi connectivity index (χ1) is 18.2. The summed E-state index contributed by atoms with van der Waals surface area (Å²) in [7, 11) is 0. The van der Waals surface area contributed by atoms with E-state index in [1.165, 1.54) is 81.9 Å². The molecule has 202 valence electrons. The Morgan fingerprint density at radius 3 is 2.11 bits per heavy atom. The molecule has 1 amide bonds. The van der Waals surface area contributed by atoms with Crippen molar-refractivity contribution in [2.45, 2.75) is 97.4 Å². The summed E-state index contributed by atoms with van der Waals surface area (Å²) in [6.07, 6.45) is 15.9. The number of rotatable bonds is 18. The molecule has 0 aliphatic carbocycles. The first kappa shape index (κ1) is 29.2. The van der Waals surface area contributed by atoms with E-state index in [1.54, 1.807) is 0 Å². The van der Waals surface area contributed by atoms with Gasteiger partial charge in [-0.25, -0.2) is 0 Å². The maximum atomic E-state index is 12.9. The van der Waals surface area contributed by atoms with Gasteiger partial charge in [-0.2, -0.15) is 0 Å². The molecule has 5 heteroatoms. The maximum absolute atomic E-state index is 12.9. The van der Waals surface area contributed by atoms with Crippen LogP contribution in [0.3, 0.4) is 0 Å². The largest absolute Gasteiger partial charge is 0.491 e. The Labute approximate surface area is 229 Å². The molecule has 1 N–H and O–H groups in total. The third-order valence-corrected chi connectivity index (χ3v) is 7.93. The Bertz CT molecular complexity index is 958. The molecule has 0 radical (unpaired) electrons. The molecule has 2 aromatic rings. The van der Waals surface area contributed by atoms with E-state index in [9.17, 15) is 4.79 Å². The molecular weight excluding hydrogens is 476 g/mol. The Kier molecular flexibility index (Phi) is 13.5. The van der Waals surface area contributed by atoms with Crippen molar-refractivity contribution in [3.05, 3.63) is 70.8 Å². The molecule has 37 heavy (non-hydrogen) atoms. The second-order valence-corrected chi connectivity index (χ2v) is 11.0. The van der Waals surface area contributed by atoms with Crippen molar-refractivity contribution in [1.82, 2.24) is 4.90 Å². The summed E-state index contributed by atoms with van der Waals surface area (Å²) in [5.41, 5.74) is 3.89. The normalized spacial score (nSPS) is 13.0. The average molecular weight is 523 g/mol. The van der Waals surface area contributed by atoms with Crippen LogP contribution in [0.25, 0.3) is 0 Å². The lowest BCUT2D eigenvalue weighted by Crippen LogP contribution is -2.17. The highest BCUT2D eigenvalue weighted by molar-refractivity contribution is 8.02. The van der Waals surface area contributed by atoms with Crippen molar-refractivity contribution in [2.75, 3.05) is 17.8 Å². The van der Waals surface area contributed by atoms with Gasteiger partial charge in [0, 0.05) is 17.8 Å². The number of para-hydroxylation sites is 2. The lowest BCUT2D eigenvalue weighted by atomic mass is 10.1. The second-order valence-electron chi connectivity index (χ2n) is 10.1. The smallest absolute Gasteiger partial charge is 0.255 e. The highest BCUT2D eigenvalue weighted by atomic mass is 32.2. The number of ether oxygens (including phenoxy) is 1. The second kappa shape index (κ2) is 17.2. The monoisotopic (exact) mass is 522 g/mol. The minimum atomic E-state index is -0.110. The van der Waals surface area contributed by atoms with Crippen LogP contribution in [0.5, 0.6) is 5.75 Å². The summed E-state index contributed by atoms with van der Waals surface area (Å²) >= 11 is 1.82. The minimum absolute atomic E-state index is 0.110. The number of anilines is 1. The van der Waals surface area contributed by atoms with E-state index in [2.05, 4.69) is 29.5 Å². The highest BCUT2D eigenvalue weighted by Gasteiger charge is 2.13. The molecule has 0 aromatic heterocycles. The molecule has 0 saturated carbocycles. The summed E-state index contributed by atoms with van der Waals surface area (Å²) in [6, 6.07) is 15.6. The number of amides is 1. The van der Waals surface area contributed by atoms with Crippen LogP contribution in [0.2, 0.25) is 0 Å². The number of carbonyl (C=O) groups excluding carboxylic acids is 1. The number of thioether (sulfide) groups is 1. The van der Waals surface area contributed by atoms with E-state index < -0.39 is 0 Å². The van der Waals surface area contributed by atoms with Crippen molar-refractivity contribution in [1.29, 1.82) is 0 Å². The van der Waals surface area contributed by atoms with Gasteiger partial charge in [0.05, 0.1) is 18.2 Å². The predicted molar refractivity (Wildman–Crippen MR) is 159 cm³/mol. The Balaban J connectivity index is 1.32. The number of nitrogens with zero attached hydrogens (tertiary/aromatic N) is 1. The minimum Gasteiger partial charge on any atom is -0.491 e. The van der Waals surface area contributed by atoms with Crippen LogP contribution in [0.1, 0.15) is 107 Å². The van der Waals surface area contributed by atoms with Gasteiger partial charge in [-0.05, 0) is 48.6 Å². The van der Waals surface area contributed by atoms with Gasteiger partial charge < -0.3 is 15.0 Å². The molecule has 3 rings (SSSR count). The molecule has 0 unspecified atom stereocenters. The van der Waals surface area contributed by atoms with Crippen LogP contribution in [0.15, 0.2) is 59.6 Å². The molecule has 1 heterocycles. The fraction of sp³-hybridized carbons (Fsp3) is 0.531. The van der Waals surface area contributed by atoms with Gasteiger partial charge in [0.25, 0.3) is 5.91 Å². The summed E-state index contributed by atoms with van der Waals surface area (Å²) in [5.74, 6) is 1.62. The number of unbranched alkanes of at least 4 members (excludes halogenated alkanes) is 11. The SMILES string of the molecule is CCCCCCCCCCCCCCOc1ccccc1NC(=O)c1ccc(CN2CSC=C2C)cc1. The Hall–Kier alpha value is -2.40. The standard InChI is InChI=1S/C32H46N2O2S/c1-3-4-5-6-7-8-9-10-11-12-13-16-23-36-31-18-15-14-17-30(31)33-32(35)29-21-19-28(20-22-29)24-34-26-37-25-27(34)2/h14-15,17-22,25H,3-13,16,23-24,26H2,1-2H3,(H,33,35). The van der Waals surface area contributed by atoms with Crippen LogP contribution in [0.4, 0.5) is 5.69 Å². The molecular formula is C32H46N2O2S. The molecule has 2 aromatic carbocycles. The average Bonchev–Trinajstić information content (AvgIpc) is 3.32. The van der Waals surface area contributed by atoms with E-state index in [0.717, 1.165) is 30.3 Å².